The highest BCUT2D eigenvalue weighted by Crippen LogP contribution is 2.29. The lowest BCUT2D eigenvalue weighted by atomic mass is 10.0. The summed E-state index contributed by atoms with van der Waals surface area (Å²) in [5.41, 5.74) is 1.88. The van der Waals surface area contributed by atoms with Gasteiger partial charge in [0.1, 0.15) is 11.5 Å². The molecule has 0 aliphatic heterocycles. The van der Waals surface area contributed by atoms with E-state index in [-0.39, 0.29) is 0 Å². The van der Waals surface area contributed by atoms with Crippen LogP contribution in [0.2, 0.25) is 0 Å². The van der Waals surface area contributed by atoms with Gasteiger partial charge in [-0.15, -0.1) is 0 Å². The first-order valence-corrected chi connectivity index (χ1v) is 7.07. The van der Waals surface area contributed by atoms with Crippen LogP contribution in [0.15, 0.2) is 46.9 Å². The summed E-state index contributed by atoms with van der Waals surface area (Å²) in [6, 6.07) is 13.3. The topological polar surface area (TPSA) is 38.7 Å². The number of aliphatic hydroxyl groups excluding tert-OH is 1. The zero-order valence-corrected chi connectivity index (χ0v) is 13.1. The average molecular weight is 337 g/mol. The molecule has 20 heavy (non-hydrogen) atoms. The third-order valence-electron chi connectivity index (χ3n) is 3.12. The van der Waals surface area contributed by atoms with Gasteiger partial charge in [0.15, 0.2) is 0 Å². The van der Waals surface area contributed by atoms with Crippen molar-refractivity contribution in [2.45, 2.75) is 12.5 Å². The largest absolute Gasteiger partial charge is 0.497 e. The molecule has 1 unspecified atom stereocenters. The van der Waals surface area contributed by atoms with E-state index < -0.39 is 6.10 Å². The molecule has 0 spiro atoms. The molecule has 106 valence electrons. The molecule has 2 rings (SSSR count). The number of ether oxygens (including phenoxy) is 2. The average Bonchev–Trinajstić information content (AvgIpc) is 2.47. The van der Waals surface area contributed by atoms with Crippen LogP contribution in [0.3, 0.4) is 0 Å². The van der Waals surface area contributed by atoms with Gasteiger partial charge in [-0.1, -0.05) is 18.2 Å². The first-order valence-electron chi connectivity index (χ1n) is 6.28. The lowest BCUT2D eigenvalue weighted by molar-refractivity contribution is 0.178. The Bertz CT molecular complexity index is 584. The lowest BCUT2D eigenvalue weighted by Crippen LogP contribution is -2.02. The predicted octanol–water partition coefficient (Wildman–Crippen LogP) is 3.74. The Kier molecular flexibility index (Phi) is 5.04. The quantitative estimate of drug-likeness (QED) is 0.903. The van der Waals surface area contributed by atoms with E-state index in [4.69, 9.17) is 9.47 Å². The second kappa shape index (κ2) is 6.77. The van der Waals surface area contributed by atoms with E-state index in [1.165, 1.54) is 0 Å². The zero-order valence-electron chi connectivity index (χ0n) is 11.5. The monoisotopic (exact) mass is 336 g/mol. The summed E-state index contributed by atoms with van der Waals surface area (Å²) >= 11 is 3.43. The van der Waals surface area contributed by atoms with E-state index in [2.05, 4.69) is 15.9 Å². The van der Waals surface area contributed by atoms with Crippen molar-refractivity contribution in [1.82, 2.24) is 0 Å². The highest BCUT2D eigenvalue weighted by molar-refractivity contribution is 9.10. The summed E-state index contributed by atoms with van der Waals surface area (Å²) in [7, 11) is 3.25. The maximum absolute atomic E-state index is 10.3. The molecule has 2 aromatic rings. The van der Waals surface area contributed by atoms with E-state index in [0.717, 1.165) is 27.1 Å². The predicted molar refractivity (Wildman–Crippen MR) is 82.4 cm³/mol. The zero-order chi connectivity index (χ0) is 14.5. The fraction of sp³-hybridized carbons (Fsp3) is 0.250. The molecule has 0 amide bonds. The van der Waals surface area contributed by atoms with Gasteiger partial charge in [-0.25, -0.2) is 0 Å². The van der Waals surface area contributed by atoms with Crippen molar-refractivity contribution in [2.24, 2.45) is 0 Å². The van der Waals surface area contributed by atoms with Gasteiger partial charge in [0.2, 0.25) is 0 Å². The Labute approximate surface area is 127 Å². The minimum Gasteiger partial charge on any atom is -0.497 e. The number of hydrogen-bond acceptors (Lipinski definition) is 3. The van der Waals surface area contributed by atoms with Gasteiger partial charge in [0.05, 0.1) is 24.8 Å². The number of methoxy groups -OCH3 is 2. The van der Waals surface area contributed by atoms with Crippen LogP contribution in [0, 0.1) is 0 Å². The summed E-state index contributed by atoms with van der Waals surface area (Å²) in [6.45, 7) is 0. The number of aliphatic hydroxyl groups is 1. The molecule has 0 radical (unpaired) electrons. The van der Waals surface area contributed by atoms with E-state index in [1.54, 1.807) is 14.2 Å². The number of rotatable bonds is 5. The highest BCUT2D eigenvalue weighted by Gasteiger charge is 2.11. The van der Waals surface area contributed by atoms with Crippen molar-refractivity contribution in [1.29, 1.82) is 0 Å². The van der Waals surface area contributed by atoms with Gasteiger partial charge in [-0.05, 0) is 51.3 Å². The van der Waals surface area contributed by atoms with Crippen molar-refractivity contribution in [3.8, 4) is 11.5 Å². The minimum atomic E-state index is -0.565. The third-order valence-corrected chi connectivity index (χ3v) is 3.74. The first-order chi connectivity index (χ1) is 9.63. The standard InChI is InChI=1S/C16H17BrO3/c1-19-13-5-3-4-11(8-13)9-15(18)12-6-7-16(20-2)14(17)10-12/h3-8,10,15,18H,9H2,1-2H3. The summed E-state index contributed by atoms with van der Waals surface area (Å²) in [5.74, 6) is 1.55. The molecule has 0 aliphatic carbocycles. The normalized spacial score (nSPS) is 12.0. The Morgan fingerprint density at radius 3 is 2.55 bits per heavy atom. The molecule has 0 saturated heterocycles. The molecule has 0 fully saturated rings. The summed E-state index contributed by atoms with van der Waals surface area (Å²) < 4.78 is 11.2. The molecule has 3 nitrogen and oxygen atoms in total. The molecule has 4 heteroatoms. The van der Waals surface area contributed by atoms with Crippen molar-refractivity contribution >= 4 is 15.9 Å². The molecule has 0 aliphatic rings. The van der Waals surface area contributed by atoms with Crippen molar-refractivity contribution < 1.29 is 14.6 Å². The molecule has 0 bridgehead atoms. The fourth-order valence-corrected chi connectivity index (χ4v) is 2.59. The Morgan fingerprint density at radius 2 is 1.90 bits per heavy atom. The van der Waals surface area contributed by atoms with E-state index >= 15 is 0 Å². The molecule has 0 aromatic heterocycles. The van der Waals surface area contributed by atoms with Crippen molar-refractivity contribution in [3.63, 3.8) is 0 Å². The summed E-state index contributed by atoms with van der Waals surface area (Å²) in [6.07, 6.45) is -0.0278. The lowest BCUT2D eigenvalue weighted by Gasteiger charge is -2.13. The SMILES string of the molecule is COc1cccc(CC(O)c2ccc(OC)c(Br)c2)c1. The van der Waals surface area contributed by atoms with Gasteiger partial charge < -0.3 is 14.6 Å². The molecule has 0 saturated carbocycles. The van der Waals surface area contributed by atoms with Crippen LogP contribution >= 0.6 is 15.9 Å². The van der Waals surface area contributed by atoms with E-state index in [0.29, 0.717) is 6.42 Å². The summed E-state index contributed by atoms with van der Waals surface area (Å²) in [5, 5.41) is 10.3. The van der Waals surface area contributed by atoms with Crippen LogP contribution in [0.4, 0.5) is 0 Å². The van der Waals surface area contributed by atoms with Crippen LogP contribution in [-0.4, -0.2) is 19.3 Å². The Hall–Kier alpha value is -1.52. The van der Waals surface area contributed by atoms with Crippen LogP contribution < -0.4 is 9.47 Å². The Balaban J connectivity index is 2.14. The van der Waals surface area contributed by atoms with Crippen molar-refractivity contribution in [3.05, 3.63) is 58.1 Å². The van der Waals surface area contributed by atoms with Crippen LogP contribution in [0.5, 0.6) is 11.5 Å². The fourth-order valence-electron chi connectivity index (χ4n) is 2.03. The molecule has 0 heterocycles. The van der Waals surface area contributed by atoms with Crippen molar-refractivity contribution in [2.75, 3.05) is 14.2 Å². The minimum absolute atomic E-state index is 0.538. The molecule has 1 atom stereocenters. The van der Waals surface area contributed by atoms with Crippen LogP contribution in [-0.2, 0) is 6.42 Å². The van der Waals surface area contributed by atoms with Crippen LogP contribution in [0.25, 0.3) is 0 Å². The first kappa shape index (κ1) is 14.9. The molecule has 2 aromatic carbocycles. The van der Waals surface area contributed by atoms with Gasteiger partial charge in [-0.2, -0.15) is 0 Å². The van der Waals surface area contributed by atoms with Crippen LogP contribution in [0.1, 0.15) is 17.2 Å². The number of hydrogen-bond donors (Lipinski definition) is 1. The number of benzene rings is 2. The maximum Gasteiger partial charge on any atom is 0.133 e. The van der Waals surface area contributed by atoms with E-state index in [1.807, 2.05) is 42.5 Å². The van der Waals surface area contributed by atoms with Gasteiger partial charge in [0, 0.05) is 6.42 Å². The highest BCUT2D eigenvalue weighted by atomic mass is 79.9. The van der Waals surface area contributed by atoms with Gasteiger partial charge in [0.25, 0.3) is 0 Å². The second-order valence-corrected chi connectivity index (χ2v) is 5.32. The van der Waals surface area contributed by atoms with E-state index in [9.17, 15) is 5.11 Å². The number of halogens is 1. The molecule has 1 N–H and O–H groups in total. The molecular weight excluding hydrogens is 320 g/mol. The smallest absolute Gasteiger partial charge is 0.133 e. The second-order valence-electron chi connectivity index (χ2n) is 4.47. The summed E-state index contributed by atoms with van der Waals surface area (Å²) in [4.78, 5) is 0. The maximum atomic E-state index is 10.3. The molecular formula is C16H17BrO3. The van der Waals surface area contributed by atoms with Gasteiger partial charge >= 0.3 is 0 Å². The third kappa shape index (κ3) is 3.52. The Morgan fingerprint density at radius 1 is 1.10 bits per heavy atom. The van der Waals surface area contributed by atoms with Gasteiger partial charge in [-0.3, -0.25) is 0 Å².